The van der Waals surface area contributed by atoms with Gasteiger partial charge in [0.25, 0.3) is 11.5 Å². The van der Waals surface area contributed by atoms with Crippen LogP contribution in [0.5, 0.6) is 11.5 Å². The topological polar surface area (TPSA) is 82.4 Å². The number of methoxy groups -OCH3 is 1. The molecule has 1 N–H and O–H groups in total. The molecule has 1 aromatic heterocycles. The second kappa shape index (κ2) is 8.43. The van der Waals surface area contributed by atoms with Crippen LogP contribution in [-0.4, -0.2) is 28.7 Å². The number of amides is 1. The third-order valence-corrected chi connectivity index (χ3v) is 5.84. The number of rotatable bonds is 4. The van der Waals surface area contributed by atoms with Crippen molar-refractivity contribution < 1.29 is 14.3 Å². The Hall–Kier alpha value is -4.13. The van der Waals surface area contributed by atoms with Gasteiger partial charge in [-0.2, -0.15) is 0 Å². The van der Waals surface area contributed by atoms with Gasteiger partial charge in [0.1, 0.15) is 17.3 Å². The van der Waals surface area contributed by atoms with Gasteiger partial charge in [-0.3, -0.25) is 14.2 Å². The van der Waals surface area contributed by atoms with Crippen LogP contribution in [0.2, 0.25) is 0 Å². The van der Waals surface area contributed by atoms with E-state index in [1.165, 1.54) is 0 Å². The summed E-state index contributed by atoms with van der Waals surface area (Å²) in [5, 5.41) is 3.35. The van der Waals surface area contributed by atoms with E-state index in [4.69, 9.17) is 9.47 Å². The molecule has 1 atom stereocenters. The van der Waals surface area contributed by atoms with Crippen LogP contribution in [-0.2, 0) is 11.2 Å². The molecule has 2 heterocycles. The largest absolute Gasteiger partial charge is 0.497 e. The summed E-state index contributed by atoms with van der Waals surface area (Å²) < 4.78 is 12.9. The highest BCUT2D eigenvalue weighted by Gasteiger charge is 2.25. The first kappa shape index (κ1) is 20.8. The van der Waals surface area contributed by atoms with Gasteiger partial charge in [0.15, 0.2) is 6.10 Å². The Balaban J connectivity index is 1.49. The second-order valence-electron chi connectivity index (χ2n) is 7.97. The number of ether oxygens (including phenoxy) is 2. The normalized spacial score (nSPS) is 15.5. The lowest BCUT2D eigenvalue weighted by Gasteiger charge is -2.17. The van der Waals surface area contributed by atoms with Crippen LogP contribution in [0.1, 0.15) is 17.8 Å². The fraction of sp³-hybridized carbons (Fsp3) is 0.192. The lowest BCUT2D eigenvalue weighted by molar-refractivity contribution is -0.122. The first-order chi connectivity index (χ1) is 16.0. The highest BCUT2D eigenvalue weighted by atomic mass is 16.5. The number of carbonyl (C=O) groups is 1. The third kappa shape index (κ3) is 3.93. The Labute approximate surface area is 190 Å². The average molecular weight is 441 g/mol. The first-order valence-corrected chi connectivity index (χ1v) is 10.8. The van der Waals surface area contributed by atoms with E-state index in [0.29, 0.717) is 40.3 Å². The molecule has 5 rings (SSSR count). The molecule has 0 radical (unpaired) electrons. The molecule has 0 bridgehead atoms. The van der Waals surface area contributed by atoms with E-state index in [9.17, 15) is 9.59 Å². The van der Waals surface area contributed by atoms with Gasteiger partial charge in [0.2, 0.25) is 0 Å². The molecule has 4 aromatic rings. The molecule has 166 valence electrons. The van der Waals surface area contributed by atoms with Crippen LogP contribution in [0.4, 0.5) is 5.69 Å². The number of para-hydroxylation sites is 1. The summed E-state index contributed by atoms with van der Waals surface area (Å²) in [5.74, 6) is 1.47. The van der Waals surface area contributed by atoms with Gasteiger partial charge in [-0.05, 0) is 61.7 Å². The molecule has 7 nitrogen and oxygen atoms in total. The summed E-state index contributed by atoms with van der Waals surface area (Å²) in [6.07, 6.45) is 0.603. The van der Waals surface area contributed by atoms with Crippen LogP contribution in [0, 0.1) is 6.92 Å². The van der Waals surface area contributed by atoms with Crippen molar-refractivity contribution in [2.45, 2.75) is 25.9 Å². The number of anilines is 1. The Morgan fingerprint density at radius 3 is 2.70 bits per heavy atom. The molecule has 7 heteroatoms. The molecule has 0 aliphatic carbocycles. The van der Waals surface area contributed by atoms with Gasteiger partial charge in [0.05, 0.1) is 23.7 Å². The summed E-state index contributed by atoms with van der Waals surface area (Å²) in [7, 11) is 1.58. The van der Waals surface area contributed by atoms with E-state index in [0.717, 1.165) is 17.7 Å². The van der Waals surface area contributed by atoms with Crippen molar-refractivity contribution in [3.63, 3.8) is 0 Å². The fourth-order valence-electron chi connectivity index (χ4n) is 4.17. The summed E-state index contributed by atoms with van der Waals surface area (Å²) in [4.78, 5) is 30.7. The molecule has 0 saturated heterocycles. The van der Waals surface area contributed by atoms with Crippen molar-refractivity contribution in [2.24, 2.45) is 0 Å². The Bertz CT molecular complexity index is 1430. The van der Waals surface area contributed by atoms with Crippen molar-refractivity contribution in [1.82, 2.24) is 9.55 Å². The smallest absolute Gasteiger partial charge is 0.266 e. The van der Waals surface area contributed by atoms with E-state index in [2.05, 4.69) is 10.3 Å². The maximum atomic E-state index is 13.4. The maximum absolute atomic E-state index is 13.4. The average Bonchev–Trinajstić information content (AvgIpc) is 2.98. The zero-order valence-electron chi connectivity index (χ0n) is 18.4. The van der Waals surface area contributed by atoms with Crippen LogP contribution in [0.3, 0.4) is 0 Å². The minimum Gasteiger partial charge on any atom is -0.497 e. The molecular weight excluding hydrogens is 418 g/mol. The SMILES string of the molecule is COc1cccc(-n2c(C)nc3ccc(OC4CCc5ccccc5NC4=O)cc3c2=O)c1. The fourth-order valence-corrected chi connectivity index (χ4v) is 4.17. The number of nitrogens with zero attached hydrogens (tertiary/aromatic N) is 2. The molecule has 1 amide bonds. The molecule has 0 fully saturated rings. The molecule has 1 unspecified atom stereocenters. The molecule has 0 spiro atoms. The van der Waals surface area contributed by atoms with Crippen molar-refractivity contribution in [1.29, 1.82) is 0 Å². The van der Waals surface area contributed by atoms with Gasteiger partial charge in [-0.15, -0.1) is 0 Å². The first-order valence-electron chi connectivity index (χ1n) is 10.8. The molecule has 0 saturated carbocycles. The number of carbonyl (C=O) groups excluding carboxylic acids is 1. The lowest BCUT2D eigenvalue weighted by Crippen LogP contribution is -2.31. The Morgan fingerprint density at radius 2 is 1.85 bits per heavy atom. The van der Waals surface area contributed by atoms with E-state index in [-0.39, 0.29) is 11.5 Å². The highest BCUT2D eigenvalue weighted by molar-refractivity contribution is 5.96. The van der Waals surface area contributed by atoms with Gasteiger partial charge < -0.3 is 14.8 Å². The second-order valence-corrected chi connectivity index (χ2v) is 7.97. The number of aryl methyl sites for hydroxylation is 2. The van der Waals surface area contributed by atoms with E-state index in [1.54, 1.807) is 42.9 Å². The van der Waals surface area contributed by atoms with Gasteiger partial charge >= 0.3 is 0 Å². The monoisotopic (exact) mass is 441 g/mol. The van der Waals surface area contributed by atoms with E-state index in [1.807, 2.05) is 42.5 Å². The van der Waals surface area contributed by atoms with Crippen LogP contribution < -0.4 is 20.3 Å². The summed E-state index contributed by atoms with van der Waals surface area (Å²) in [6, 6.07) is 20.2. The summed E-state index contributed by atoms with van der Waals surface area (Å²) >= 11 is 0. The van der Waals surface area contributed by atoms with Crippen molar-refractivity contribution >= 4 is 22.5 Å². The van der Waals surface area contributed by atoms with Crippen LogP contribution in [0.25, 0.3) is 16.6 Å². The Morgan fingerprint density at radius 1 is 1.00 bits per heavy atom. The molecule has 33 heavy (non-hydrogen) atoms. The number of nitrogens with one attached hydrogen (secondary N) is 1. The maximum Gasteiger partial charge on any atom is 0.266 e. The lowest BCUT2D eigenvalue weighted by atomic mass is 10.1. The zero-order chi connectivity index (χ0) is 22.9. The molecule has 3 aromatic carbocycles. The summed E-state index contributed by atoms with van der Waals surface area (Å²) in [6.45, 7) is 1.79. The number of hydrogen-bond donors (Lipinski definition) is 1. The van der Waals surface area contributed by atoms with Crippen molar-refractivity contribution in [3.05, 3.63) is 88.5 Å². The number of hydrogen-bond acceptors (Lipinski definition) is 5. The number of fused-ring (bicyclic) bond motifs is 2. The molecule has 1 aliphatic rings. The van der Waals surface area contributed by atoms with E-state index >= 15 is 0 Å². The highest BCUT2D eigenvalue weighted by Crippen LogP contribution is 2.26. The zero-order valence-corrected chi connectivity index (χ0v) is 18.4. The quantitative estimate of drug-likeness (QED) is 0.517. The van der Waals surface area contributed by atoms with Crippen molar-refractivity contribution in [3.8, 4) is 17.2 Å². The van der Waals surface area contributed by atoms with Crippen molar-refractivity contribution in [2.75, 3.05) is 12.4 Å². The van der Waals surface area contributed by atoms with E-state index < -0.39 is 6.10 Å². The Kier molecular flexibility index (Phi) is 5.30. The van der Waals surface area contributed by atoms with Crippen LogP contribution >= 0.6 is 0 Å². The number of aromatic nitrogens is 2. The molecular formula is C26H23N3O4. The predicted octanol–water partition coefficient (Wildman–Crippen LogP) is 4.04. The van der Waals surface area contributed by atoms with Gasteiger partial charge in [-0.1, -0.05) is 24.3 Å². The summed E-state index contributed by atoms with van der Waals surface area (Å²) in [5.41, 5.74) is 2.92. The standard InChI is InChI=1S/C26H23N3O4/c1-16-27-23-12-11-20(33-24-13-10-17-6-3-4-9-22(17)28-25(24)30)15-21(23)26(31)29(16)18-7-5-8-19(14-18)32-2/h3-9,11-12,14-15,24H,10,13H2,1-2H3,(H,28,30). The number of benzene rings is 3. The van der Waals surface area contributed by atoms with Gasteiger partial charge in [-0.25, -0.2) is 4.98 Å². The van der Waals surface area contributed by atoms with Gasteiger partial charge in [0, 0.05) is 11.8 Å². The molecule has 1 aliphatic heterocycles. The van der Waals surface area contributed by atoms with Crippen LogP contribution in [0.15, 0.2) is 71.5 Å². The minimum atomic E-state index is -0.658. The predicted molar refractivity (Wildman–Crippen MR) is 126 cm³/mol. The minimum absolute atomic E-state index is 0.198. The third-order valence-electron chi connectivity index (χ3n) is 5.84.